The molecule has 0 saturated carbocycles. The molecule has 0 bridgehead atoms. The zero-order valence-electron chi connectivity index (χ0n) is 8.68. The molecule has 0 aliphatic rings. The van der Waals surface area contributed by atoms with Gasteiger partial charge in [-0.2, -0.15) is 8.42 Å². The molecule has 0 fully saturated rings. The Morgan fingerprint density at radius 1 is 1.47 bits per heavy atom. The Hall–Kier alpha value is -1.61. The van der Waals surface area contributed by atoms with Gasteiger partial charge in [0.15, 0.2) is 11.0 Å². The Balaban J connectivity index is 2.74. The van der Waals surface area contributed by atoms with Crippen molar-refractivity contribution in [2.45, 2.75) is 6.92 Å². The Morgan fingerprint density at radius 3 is 2.71 bits per heavy atom. The number of hydrogen-bond acceptors (Lipinski definition) is 6. The summed E-state index contributed by atoms with van der Waals surface area (Å²) in [5.41, 5.74) is 0. The molecule has 1 rings (SSSR count). The SMILES string of the molecule is CCOC(=O)NS(=O)(=O)Nc1nccnc1Cl. The summed E-state index contributed by atoms with van der Waals surface area (Å²) >= 11 is 5.58. The average Bonchev–Trinajstić information content (AvgIpc) is 2.20. The van der Waals surface area contributed by atoms with Gasteiger partial charge in [0.1, 0.15) is 0 Å². The summed E-state index contributed by atoms with van der Waals surface area (Å²) in [4.78, 5) is 18.2. The van der Waals surface area contributed by atoms with Gasteiger partial charge in [-0.1, -0.05) is 11.6 Å². The molecule has 10 heteroatoms. The minimum atomic E-state index is -4.14. The summed E-state index contributed by atoms with van der Waals surface area (Å²) in [6.45, 7) is 1.59. The van der Waals surface area contributed by atoms with Gasteiger partial charge in [0, 0.05) is 12.4 Å². The molecule has 0 aliphatic carbocycles. The number of carbonyl (C=O) groups excluding carboxylic acids is 1. The molecule has 0 aliphatic heterocycles. The van der Waals surface area contributed by atoms with Gasteiger partial charge in [0.25, 0.3) is 0 Å². The van der Waals surface area contributed by atoms with Crippen LogP contribution in [0.25, 0.3) is 0 Å². The highest BCUT2D eigenvalue weighted by Crippen LogP contribution is 2.14. The van der Waals surface area contributed by atoms with Crippen molar-refractivity contribution < 1.29 is 17.9 Å². The third-order valence-electron chi connectivity index (χ3n) is 1.38. The number of aromatic nitrogens is 2. The summed E-state index contributed by atoms with van der Waals surface area (Å²) in [6.07, 6.45) is 1.44. The molecule has 0 spiro atoms. The fraction of sp³-hybridized carbons (Fsp3) is 0.286. The number of rotatable bonds is 4. The van der Waals surface area contributed by atoms with Crippen LogP contribution in [0.15, 0.2) is 12.4 Å². The van der Waals surface area contributed by atoms with E-state index in [9.17, 15) is 13.2 Å². The summed E-state index contributed by atoms with van der Waals surface area (Å²) in [5.74, 6) is -0.189. The molecule has 0 radical (unpaired) electrons. The van der Waals surface area contributed by atoms with Gasteiger partial charge >= 0.3 is 16.3 Å². The van der Waals surface area contributed by atoms with E-state index in [1.807, 2.05) is 4.72 Å². The minimum absolute atomic E-state index is 0.0489. The molecule has 1 aromatic rings. The molecule has 0 aromatic carbocycles. The summed E-state index contributed by atoms with van der Waals surface area (Å²) in [6, 6.07) is 0. The molecule has 17 heavy (non-hydrogen) atoms. The lowest BCUT2D eigenvalue weighted by Gasteiger charge is -2.08. The first kappa shape index (κ1) is 13.5. The molecule has 1 heterocycles. The number of nitrogens with zero attached hydrogens (tertiary/aromatic N) is 2. The predicted molar refractivity (Wildman–Crippen MR) is 59.7 cm³/mol. The van der Waals surface area contributed by atoms with Crippen LogP contribution in [0.3, 0.4) is 0 Å². The number of anilines is 1. The molecule has 94 valence electrons. The molecule has 0 unspecified atom stereocenters. The number of hydrogen-bond donors (Lipinski definition) is 2. The van der Waals surface area contributed by atoms with Crippen LogP contribution in [0.4, 0.5) is 10.6 Å². The van der Waals surface area contributed by atoms with Crippen molar-refractivity contribution in [3.63, 3.8) is 0 Å². The summed E-state index contributed by atoms with van der Waals surface area (Å²) in [7, 11) is -4.14. The molecule has 0 atom stereocenters. The smallest absolute Gasteiger partial charge is 0.422 e. The Morgan fingerprint density at radius 2 is 2.12 bits per heavy atom. The Kier molecular flexibility index (Phi) is 4.46. The summed E-state index contributed by atoms with van der Waals surface area (Å²) < 4.78 is 30.7. The standard InChI is InChI=1S/C7H9ClN4O4S/c1-2-16-7(13)12-17(14,15)11-6-5(8)9-3-4-10-6/h3-4H,2H2,1H3,(H,10,11)(H,12,13). The van der Waals surface area contributed by atoms with Crippen molar-refractivity contribution in [2.24, 2.45) is 0 Å². The number of halogens is 1. The van der Waals surface area contributed by atoms with E-state index >= 15 is 0 Å². The van der Waals surface area contributed by atoms with Crippen molar-refractivity contribution in [1.82, 2.24) is 14.7 Å². The highest BCUT2D eigenvalue weighted by atomic mass is 35.5. The van der Waals surface area contributed by atoms with Crippen LogP contribution < -0.4 is 9.44 Å². The zero-order chi connectivity index (χ0) is 12.9. The lowest BCUT2D eigenvalue weighted by atomic mass is 10.7. The van der Waals surface area contributed by atoms with Crippen LogP contribution in [-0.4, -0.2) is 31.1 Å². The van der Waals surface area contributed by atoms with Gasteiger partial charge in [-0.25, -0.2) is 24.2 Å². The van der Waals surface area contributed by atoms with Crippen LogP contribution in [-0.2, 0) is 14.9 Å². The minimum Gasteiger partial charge on any atom is -0.449 e. The zero-order valence-corrected chi connectivity index (χ0v) is 10.2. The molecule has 2 N–H and O–H groups in total. The largest absolute Gasteiger partial charge is 0.449 e. The second-order valence-corrected chi connectivity index (χ2v) is 4.40. The first-order chi connectivity index (χ1) is 7.94. The van der Waals surface area contributed by atoms with Crippen molar-refractivity contribution in [3.8, 4) is 0 Å². The van der Waals surface area contributed by atoms with Gasteiger partial charge in [-0.3, -0.25) is 0 Å². The van der Waals surface area contributed by atoms with Crippen LogP contribution >= 0.6 is 11.6 Å². The van der Waals surface area contributed by atoms with Crippen molar-refractivity contribution in [1.29, 1.82) is 0 Å². The second kappa shape index (κ2) is 5.64. The van der Waals surface area contributed by atoms with Gasteiger partial charge in [0.2, 0.25) is 0 Å². The Bertz CT molecular complexity index is 506. The molecule has 8 nitrogen and oxygen atoms in total. The molecule has 1 amide bonds. The quantitative estimate of drug-likeness (QED) is 0.832. The predicted octanol–water partition coefficient (Wildman–Crippen LogP) is 0.533. The maximum absolute atomic E-state index is 11.4. The van der Waals surface area contributed by atoms with Crippen molar-refractivity contribution >= 4 is 33.7 Å². The lowest BCUT2D eigenvalue weighted by molar-refractivity contribution is 0.159. The number of carbonyl (C=O) groups is 1. The number of ether oxygens (including phenoxy) is 1. The summed E-state index contributed by atoms with van der Waals surface area (Å²) in [5, 5.41) is -0.137. The van der Waals surface area contributed by atoms with Crippen molar-refractivity contribution in [2.75, 3.05) is 11.3 Å². The first-order valence-corrected chi connectivity index (χ1v) is 6.24. The maximum Gasteiger partial charge on any atom is 0.422 e. The topological polar surface area (TPSA) is 110 Å². The lowest BCUT2D eigenvalue weighted by Crippen LogP contribution is -2.36. The van der Waals surface area contributed by atoms with E-state index in [4.69, 9.17) is 11.6 Å². The fourth-order valence-corrected chi connectivity index (χ4v) is 1.75. The number of amides is 1. The maximum atomic E-state index is 11.4. The van der Waals surface area contributed by atoms with Gasteiger partial charge in [0.05, 0.1) is 6.61 Å². The van der Waals surface area contributed by atoms with Gasteiger partial charge in [-0.05, 0) is 6.92 Å². The van der Waals surface area contributed by atoms with E-state index in [2.05, 4.69) is 14.7 Å². The third-order valence-corrected chi connectivity index (χ3v) is 2.55. The molecule has 0 saturated heterocycles. The first-order valence-electron chi connectivity index (χ1n) is 4.38. The van der Waals surface area contributed by atoms with Gasteiger partial charge < -0.3 is 4.74 Å². The highest BCUT2D eigenvalue weighted by molar-refractivity contribution is 7.91. The van der Waals surface area contributed by atoms with E-state index in [0.29, 0.717) is 0 Å². The highest BCUT2D eigenvalue weighted by Gasteiger charge is 2.17. The average molecular weight is 281 g/mol. The van der Waals surface area contributed by atoms with E-state index in [0.717, 1.165) is 0 Å². The fourth-order valence-electron chi connectivity index (χ4n) is 0.813. The molecular formula is C7H9ClN4O4S. The molecular weight excluding hydrogens is 272 g/mol. The van der Waals surface area contributed by atoms with E-state index in [-0.39, 0.29) is 17.6 Å². The van der Waals surface area contributed by atoms with Crippen LogP contribution in [0.2, 0.25) is 5.15 Å². The Labute approximate surface area is 103 Å². The second-order valence-electron chi connectivity index (χ2n) is 2.62. The molecule has 1 aromatic heterocycles. The van der Waals surface area contributed by atoms with E-state index in [1.165, 1.54) is 12.4 Å². The van der Waals surface area contributed by atoms with Crippen LogP contribution in [0.1, 0.15) is 6.92 Å². The van der Waals surface area contributed by atoms with Gasteiger partial charge in [-0.15, -0.1) is 0 Å². The number of nitrogens with one attached hydrogen (secondary N) is 2. The monoisotopic (exact) mass is 280 g/mol. The normalized spacial score (nSPS) is 10.7. The van der Waals surface area contributed by atoms with Crippen LogP contribution in [0, 0.1) is 0 Å². The van der Waals surface area contributed by atoms with Crippen LogP contribution in [0.5, 0.6) is 0 Å². The third kappa shape index (κ3) is 4.41. The van der Waals surface area contributed by atoms with E-state index < -0.39 is 16.3 Å². The van der Waals surface area contributed by atoms with E-state index in [1.54, 1.807) is 11.6 Å². The van der Waals surface area contributed by atoms with Crippen molar-refractivity contribution in [3.05, 3.63) is 17.5 Å².